The van der Waals surface area contributed by atoms with Crippen LogP contribution in [-0.2, 0) is 22.4 Å². The number of nitrogens with zero attached hydrogens (tertiary/aromatic N) is 1. The predicted molar refractivity (Wildman–Crippen MR) is 159 cm³/mol. The molecule has 0 aliphatic rings. The van der Waals surface area contributed by atoms with E-state index < -0.39 is 23.7 Å². The number of pyridine rings is 1. The summed E-state index contributed by atoms with van der Waals surface area (Å²) < 4.78 is 5.16. The zero-order valence-electron chi connectivity index (χ0n) is 23.5. The Morgan fingerprint density at radius 3 is 2.44 bits per heavy atom. The highest BCUT2D eigenvalue weighted by Gasteiger charge is 2.24. The molecule has 0 fully saturated rings. The van der Waals surface area contributed by atoms with Crippen molar-refractivity contribution in [2.45, 2.75) is 51.7 Å². The number of hydrogen-bond donors (Lipinski definition) is 3. The summed E-state index contributed by atoms with van der Waals surface area (Å²) in [4.78, 5) is 40.6. The first kappa shape index (κ1) is 29.3. The van der Waals surface area contributed by atoms with Gasteiger partial charge < -0.3 is 20.5 Å². The molecule has 8 nitrogen and oxygen atoms in total. The van der Waals surface area contributed by atoms with E-state index in [0.717, 1.165) is 29.2 Å². The van der Waals surface area contributed by atoms with Gasteiger partial charge in [0.05, 0.1) is 0 Å². The first-order valence-electron chi connectivity index (χ1n) is 13.6. The Bertz CT molecular complexity index is 1530. The SMILES string of the molecule is CC(C)(C)OC(=O)NC(Cc1ccc(C(=O)NCCCc2ccccc2-c2ccc3ccncc3c2)cc1)C(=O)O. The van der Waals surface area contributed by atoms with Crippen molar-refractivity contribution >= 4 is 28.7 Å². The molecule has 0 aliphatic carbocycles. The van der Waals surface area contributed by atoms with Crippen LogP contribution in [0.4, 0.5) is 4.79 Å². The molecule has 0 saturated carbocycles. The van der Waals surface area contributed by atoms with Gasteiger partial charge in [-0.1, -0.05) is 48.5 Å². The molecule has 1 unspecified atom stereocenters. The van der Waals surface area contributed by atoms with Gasteiger partial charge in [0.15, 0.2) is 0 Å². The number of carbonyl (C=O) groups excluding carboxylic acids is 2. The van der Waals surface area contributed by atoms with E-state index >= 15 is 0 Å². The molecule has 0 saturated heterocycles. The van der Waals surface area contributed by atoms with Gasteiger partial charge in [0.25, 0.3) is 5.91 Å². The standard InChI is InChI=1S/C33H35N3O5/c1-33(2,3)41-32(40)36-29(31(38)39)19-22-10-12-25(13-11-22)30(37)35-17-6-8-24-7-4-5-9-28(24)26-15-14-23-16-18-34-21-27(23)20-26/h4-5,7,9-16,18,20-21,29H,6,8,17,19H2,1-3H3,(H,35,37)(H,36,40)(H,38,39). The van der Waals surface area contributed by atoms with Gasteiger partial charge in [-0.25, -0.2) is 9.59 Å². The van der Waals surface area contributed by atoms with E-state index in [2.05, 4.69) is 45.9 Å². The molecular formula is C33H35N3O5. The number of carboxylic acid groups (broad SMARTS) is 1. The molecule has 0 aliphatic heterocycles. The van der Waals surface area contributed by atoms with E-state index in [0.29, 0.717) is 17.7 Å². The number of amides is 2. The van der Waals surface area contributed by atoms with Crippen LogP contribution in [0.3, 0.4) is 0 Å². The third-order valence-electron chi connectivity index (χ3n) is 6.52. The normalized spacial score (nSPS) is 12.0. The van der Waals surface area contributed by atoms with Gasteiger partial charge in [0.1, 0.15) is 11.6 Å². The number of alkyl carbamates (subject to hydrolysis) is 1. The highest BCUT2D eigenvalue weighted by Crippen LogP contribution is 2.27. The fourth-order valence-corrected chi connectivity index (χ4v) is 4.53. The summed E-state index contributed by atoms with van der Waals surface area (Å²) in [5.74, 6) is -1.37. The monoisotopic (exact) mass is 553 g/mol. The smallest absolute Gasteiger partial charge is 0.408 e. The van der Waals surface area contributed by atoms with Crippen molar-refractivity contribution in [3.63, 3.8) is 0 Å². The van der Waals surface area contributed by atoms with Crippen molar-refractivity contribution in [3.8, 4) is 11.1 Å². The number of aliphatic carboxylic acids is 1. The quantitative estimate of drug-likeness (QED) is 0.214. The van der Waals surface area contributed by atoms with Crippen LogP contribution in [0.5, 0.6) is 0 Å². The second kappa shape index (κ2) is 13.1. The van der Waals surface area contributed by atoms with Crippen molar-refractivity contribution in [2.24, 2.45) is 0 Å². The van der Waals surface area contributed by atoms with Gasteiger partial charge >= 0.3 is 12.1 Å². The fraction of sp³-hybridized carbons (Fsp3) is 0.273. The number of benzene rings is 3. The van der Waals surface area contributed by atoms with Crippen LogP contribution in [0.2, 0.25) is 0 Å². The summed E-state index contributed by atoms with van der Waals surface area (Å²) in [6.45, 7) is 5.62. The summed E-state index contributed by atoms with van der Waals surface area (Å²) in [7, 11) is 0. The maximum Gasteiger partial charge on any atom is 0.408 e. The van der Waals surface area contributed by atoms with E-state index in [9.17, 15) is 19.5 Å². The lowest BCUT2D eigenvalue weighted by molar-refractivity contribution is -0.139. The van der Waals surface area contributed by atoms with Crippen LogP contribution in [0.1, 0.15) is 48.7 Å². The minimum absolute atomic E-state index is 0.0591. The van der Waals surface area contributed by atoms with Gasteiger partial charge in [-0.15, -0.1) is 0 Å². The zero-order chi connectivity index (χ0) is 29.4. The Hall–Kier alpha value is -4.72. The maximum absolute atomic E-state index is 12.7. The molecule has 0 spiro atoms. The second-order valence-corrected chi connectivity index (χ2v) is 10.9. The van der Waals surface area contributed by atoms with Crippen LogP contribution in [0.15, 0.2) is 85.2 Å². The number of carboxylic acids is 1. The first-order valence-corrected chi connectivity index (χ1v) is 13.6. The van der Waals surface area contributed by atoms with Gasteiger partial charge in [-0.3, -0.25) is 9.78 Å². The molecule has 8 heteroatoms. The van der Waals surface area contributed by atoms with Crippen LogP contribution in [-0.4, -0.2) is 46.2 Å². The van der Waals surface area contributed by atoms with E-state index in [1.807, 2.05) is 24.4 Å². The molecule has 41 heavy (non-hydrogen) atoms. The van der Waals surface area contributed by atoms with Crippen molar-refractivity contribution in [1.29, 1.82) is 0 Å². The van der Waals surface area contributed by atoms with Crippen LogP contribution < -0.4 is 10.6 Å². The number of nitrogens with one attached hydrogen (secondary N) is 2. The lowest BCUT2D eigenvalue weighted by Gasteiger charge is -2.22. The molecule has 4 aromatic rings. The van der Waals surface area contributed by atoms with E-state index in [1.165, 1.54) is 11.1 Å². The van der Waals surface area contributed by atoms with Gasteiger partial charge in [-0.05, 0) is 85.5 Å². The Balaban J connectivity index is 1.29. The molecular weight excluding hydrogens is 518 g/mol. The Morgan fingerprint density at radius 1 is 0.951 bits per heavy atom. The van der Waals surface area contributed by atoms with Crippen LogP contribution in [0, 0.1) is 0 Å². The van der Waals surface area contributed by atoms with Crippen LogP contribution in [0.25, 0.3) is 21.9 Å². The largest absolute Gasteiger partial charge is 0.480 e. The summed E-state index contributed by atoms with van der Waals surface area (Å²) >= 11 is 0. The minimum atomic E-state index is -1.17. The molecule has 2 amide bonds. The molecule has 3 N–H and O–H groups in total. The summed E-state index contributed by atoms with van der Waals surface area (Å²) in [5, 5.41) is 17.1. The average Bonchev–Trinajstić information content (AvgIpc) is 2.94. The van der Waals surface area contributed by atoms with E-state index in [-0.39, 0.29) is 12.3 Å². The lowest BCUT2D eigenvalue weighted by atomic mass is 9.95. The molecule has 3 aromatic carbocycles. The second-order valence-electron chi connectivity index (χ2n) is 10.9. The third-order valence-corrected chi connectivity index (χ3v) is 6.52. The van der Waals surface area contributed by atoms with Crippen LogP contribution >= 0.6 is 0 Å². The van der Waals surface area contributed by atoms with Gasteiger partial charge in [-0.2, -0.15) is 0 Å². The summed E-state index contributed by atoms with van der Waals surface area (Å²) in [6.07, 6.45) is 4.50. The minimum Gasteiger partial charge on any atom is -0.480 e. The Labute approximate surface area is 239 Å². The predicted octanol–water partition coefficient (Wildman–Crippen LogP) is 5.78. The molecule has 212 valence electrons. The molecule has 4 rings (SSSR count). The Kier molecular flexibility index (Phi) is 9.34. The number of aromatic nitrogens is 1. The zero-order valence-corrected chi connectivity index (χ0v) is 23.5. The summed E-state index contributed by atoms with van der Waals surface area (Å²) in [6, 6.07) is 22.2. The number of carbonyl (C=O) groups is 3. The van der Waals surface area contributed by atoms with Crippen molar-refractivity contribution in [1.82, 2.24) is 15.6 Å². The van der Waals surface area contributed by atoms with E-state index in [1.54, 1.807) is 51.2 Å². The molecule has 1 atom stereocenters. The van der Waals surface area contributed by atoms with E-state index in [4.69, 9.17) is 4.74 Å². The van der Waals surface area contributed by atoms with Crippen molar-refractivity contribution in [3.05, 3.63) is 102 Å². The number of rotatable bonds is 10. The lowest BCUT2D eigenvalue weighted by Crippen LogP contribution is -2.44. The van der Waals surface area contributed by atoms with Crippen molar-refractivity contribution < 1.29 is 24.2 Å². The topological polar surface area (TPSA) is 118 Å². The number of ether oxygens (including phenoxy) is 1. The number of hydrogen-bond acceptors (Lipinski definition) is 5. The Morgan fingerprint density at radius 2 is 1.71 bits per heavy atom. The highest BCUT2D eigenvalue weighted by atomic mass is 16.6. The third kappa shape index (κ3) is 8.38. The number of aryl methyl sites for hydroxylation is 1. The highest BCUT2D eigenvalue weighted by molar-refractivity contribution is 5.94. The summed E-state index contributed by atoms with van der Waals surface area (Å²) in [5.41, 5.74) is 3.93. The maximum atomic E-state index is 12.7. The first-order chi connectivity index (χ1) is 19.6. The van der Waals surface area contributed by atoms with Crippen molar-refractivity contribution in [2.75, 3.05) is 6.54 Å². The average molecular weight is 554 g/mol. The van der Waals surface area contributed by atoms with Gasteiger partial charge in [0, 0.05) is 36.3 Å². The van der Waals surface area contributed by atoms with Gasteiger partial charge in [0.2, 0.25) is 0 Å². The molecule has 1 aromatic heterocycles. The molecule has 0 radical (unpaired) electrons. The molecule has 1 heterocycles. The molecule has 0 bridgehead atoms. The fourth-order valence-electron chi connectivity index (χ4n) is 4.53. The number of fused-ring (bicyclic) bond motifs is 1.